The van der Waals surface area contributed by atoms with Crippen LogP contribution in [-0.4, -0.2) is 37.2 Å². The summed E-state index contributed by atoms with van der Waals surface area (Å²) in [6, 6.07) is 0. The van der Waals surface area contributed by atoms with Gasteiger partial charge in [0, 0.05) is 6.54 Å². The third kappa shape index (κ3) is 6.67. The van der Waals surface area contributed by atoms with Gasteiger partial charge in [0.05, 0.1) is 6.61 Å². The van der Waals surface area contributed by atoms with E-state index >= 15 is 0 Å². The lowest BCUT2D eigenvalue weighted by atomic mass is 10.2. The Morgan fingerprint density at radius 1 is 1.50 bits per heavy atom. The van der Waals surface area contributed by atoms with Crippen LogP contribution in [-0.2, 0) is 14.3 Å². The number of aliphatic carboxylic acids is 1. The number of hydrogen-bond donors (Lipinski definition) is 2. The molecule has 0 aliphatic carbocycles. The van der Waals surface area contributed by atoms with Crippen molar-refractivity contribution in [2.24, 2.45) is 0 Å². The summed E-state index contributed by atoms with van der Waals surface area (Å²) >= 11 is 0. The van der Waals surface area contributed by atoms with E-state index in [1.807, 2.05) is 6.92 Å². The van der Waals surface area contributed by atoms with Gasteiger partial charge in [-0.05, 0) is 18.6 Å². The molecule has 0 amide bonds. The van der Waals surface area contributed by atoms with Crippen molar-refractivity contribution in [3.63, 3.8) is 0 Å². The van der Waals surface area contributed by atoms with Crippen LogP contribution in [0.5, 0.6) is 0 Å². The fourth-order valence-electron chi connectivity index (χ4n) is 1.08. The molecule has 0 bridgehead atoms. The highest BCUT2D eigenvalue weighted by atomic mass is 19.1. The van der Waals surface area contributed by atoms with Crippen molar-refractivity contribution in [2.45, 2.75) is 19.8 Å². The molecule has 0 fully saturated rings. The molecule has 0 aromatic heterocycles. The zero-order valence-corrected chi connectivity index (χ0v) is 10.3. The van der Waals surface area contributed by atoms with Crippen LogP contribution in [0.3, 0.4) is 0 Å². The number of hydrogen-bond acceptors (Lipinski definition) is 4. The second-order valence-electron chi connectivity index (χ2n) is 3.36. The van der Waals surface area contributed by atoms with Crippen LogP contribution in [0.1, 0.15) is 19.8 Å². The van der Waals surface area contributed by atoms with Gasteiger partial charge in [-0.25, -0.2) is 9.18 Å². The topological polar surface area (TPSA) is 75.6 Å². The lowest BCUT2D eigenvalue weighted by Crippen LogP contribution is -2.22. The Morgan fingerprint density at radius 2 is 2.22 bits per heavy atom. The third-order valence-corrected chi connectivity index (χ3v) is 1.94. The van der Waals surface area contributed by atoms with Crippen molar-refractivity contribution in [3.8, 4) is 0 Å². The predicted molar refractivity (Wildman–Crippen MR) is 64.7 cm³/mol. The van der Waals surface area contributed by atoms with E-state index in [1.54, 1.807) is 0 Å². The van der Waals surface area contributed by atoms with E-state index < -0.39 is 12.6 Å². The molecule has 5 nitrogen and oxygen atoms in total. The second-order valence-corrected chi connectivity index (χ2v) is 3.36. The minimum Gasteiger partial charge on any atom is -0.479 e. The number of carbonyl (C=O) groups is 2. The van der Waals surface area contributed by atoms with E-state index in [1.165, 1.54) is 0 Å². The first-order chi connectivity index (χ1) is 8.67. The number of carboxylic acids is 1. The number of halogens is 1. The molecule has 0 spiro atoms. The van der Waals surface area contributed by atoms with E-state index in [4.69, 9.17) is 9.84 Å². The minimum atomic E-state index is -1.24. The normalized spacial score (nSPS) is 12.1. The summed E-state index contributed by atoms with van der Waals surface area (Å²) in [5.41, 5.74) is -0.202. The first-order valence-electron chi connectivity index (χ1n) is 5.69. The summed E-state index contributed by atoms with van der Waals surface area (Å²) in [6.45, 7) is 1.60. The van der Waals surface area contributed by atoms with Crippen LogP contribution in [0.25, 0.3) is 0 Å². The monoisotopic (exact) mass is 259 g/mol. The molecule has 0 unspecified atom stereocenters. The third-order valence-electron chi connectivity index (χ3n) is 1.94. The molecule has 0 atom stereocenters. The Labute approximate surface area is 105 Å². The van der Waals surface area contributed by atoms with Crippen LogP contribution in [0.2, 0.25) is 0 Å². The molecular weight excluding hydrogens is 241 g/mol. The minimum absolute atomic E-state index is 0.0216. The van der Waals surface area contributed by atoms with Gasteiger partial charge in [0.1, 0.15) is 18.5 Å². The number of nitrogens with one attached hydrogen (secondary N) is 1. The zero-order chi connectivity index (χ0) is 13.8. The maximum absolute atomic E-state index is 12.1. The molecule has 0 aromatic carbocycles. The van der Waals surface area contributed by atoms with Gasteiger partial charge in [-0.15, -0.1) is 0 Å². The van der Waals surface area contributed by atoms with E-state index in [0.717, 1.165) is 25.0 Å². The maximum Gasteiger partial charge on any atom is 0.341 e. The van der Waals surface area contributed by atoms with Crippen molar-refractivity contribution < 1.29 is 23.8 Å². The van der Waals surface area contributed by atoms with Crippen LogP contribution in [0, 0.1) is 0 Å². The fourth-order valence-corrected chi connectivity index (χ4v) is 1.08. The molecule has 0 aromatic rings. The number of allylic oxidation sites excluding steroid dienone is 1. The van der Waals surface area contributed by atoms with Crippen molar-refractivity contribution in [2.75, 3.05) is 19.8 Å². The van der Waals surface area contributed by atoms with Crippen molar-refractivity contribution >= 4 is 12.3 Å². The van der Waals surface area contributed by atoms with Gasteiger partial charge in [-0.3, -0.25) is 4.79 Å². The van der Waals surface area contributed by atoms with Gasteiger partial charge in [0.2, 0.25) is 5.88 Å². The number of carbonyl (C=O) groups excluding carboxylic acids is 1. The predicted octanol–water partition coefficient (Wildman–Crippen LogP) is 1.41. The summed E-state index contributed by atoms with van der Waals surface area (Å²) in [6.07, 6.45) is 4.27. The van der Waals surface area contributed by atoms with Crippen LogP contribution in [0.15, 0.2) is 23.6 Å². The summed E-state index contributed by atoms with van der Waals surface area (Å²) in [4.78, 5) is 21.2. The maximum atomic E-state index is 12.1. The Morgan fingerprint density at radius 3 is 2.72 bits per heavy atom. The van der Waals surface area contributed by atoms with Crippen molar-refractivity contribution in [3.05, 3.63) is 23.6 Å². The van der Waals surface area contributed by atoms with Gasteiger partial charge < -0.3 is 15.2 Å². The summed E-state index contributed by atoms with van der Waals surface area (Å²) < 4.78 is 17.4. The Bertz CT molecular complexity index is 326. The fraction of sp³-hybridized carbons (Fsp3) is 0.500. The summed E-state index contributed by atoms with van der Waals surface area (Å²) in [7, 11) is 0. The quantitative estimate of drug-likeness (QED) is 0.204. The molecule has 0 aliphatic heterocycles. The van der Waals surface area contributed by atoms with Gasteiger partial charge in [-0.2, -0.15) is 0 Å². The van der Waals surface area contributed by atoms with E-state index in [-0.39, 0.29) is 18.0 Å². The van der Waals surface area contributed by atoms with E-state index in [2.05, 4.69) is 5.32 Å². The number of alkyl halides is 1. The largest absolute Gasteiger partial charge is 0.479 e. The van der Waals surface area contributed by atoms with Crippen LogP contribution >= 0.6 is 0 Å². The molecule has 0 saturated heterocycles. The molecule has 0 rings (SSSR count). The molecular formula is C12H18FNO4. The van der Waals surface area contributed by atoms with Crippen LogP contribution < -0.4 is 5.32 Å². The first kappa shape index (κ1) is 16.1. The van der Waals surface area contributed by atoms with E-state index in [9.17, 15) is 14.0 Å². The average molecular weight is 259 g/mol. The molecule has 0 heterocycles. The standard InChI is InChI=1S/C12H18FNO4/c1-2-3-9-18-11(14-7-6-13)10(12(16)17)5-4-8-15/h4-5,8,14H,2-3,6-7,9H2,1H3,(H,16,17). The lowest BCUT2D eigenvalue weighted by Gasteiger charge is -2.13. The molecule has 102 valence electrons. The van der Waals surface area contributed by atoms with Gasteiger partial charge >= 0.3 is 5.97 Å². The molecule has 0 aliphatic rings. The molecule has 2 N–H and O–H groups in total. The molecule has 0 radical (unpaired) electrons. The smallest absolute Gasteiger partial charge is 0.341 e. The number of unbranched alkanes of at least 4 members (excludes halogenated alkanes) is 1. The summed E-state index contributed by atoms with van der Waals surface area (Å²) in [5.74, 6) is -1.27. The molecule has 6 heteroatoms. The summed E-state index contributed by atoms with van der Waals surface area (Å²) in [5, 5.41) is 11.5. The SMILES string of the molecule is CCCCOC(NCCF)=C(C=CC=O)C(=O)O. The van der Waals surface area contributed by atoms with Crippen molar-refractivity contribution in [1.29, 1.82) is 0 Å². The number of carboxylic acid groups (broad SMARTS) is 1. The van der Waals surface area contributed by atoms with E-state index in [0.29, 0.717) is 12.9 Å². The highest BCUT2D eigenvalue weighted by Crippen LogP contribution is 2.07. The number of rotatable bonds is 10. The second kappa shape index (κ2) is 10.3. The Kier molecular flexibility index (Phi) is 9.25. The van der Waals surface area contributed by atoms with Gasteiger partial charge in [0.15, 0.2) is 0 Å². The highest BCUT2D eigenvalue weighted by molar-refractivity contribution is 5.91. The van der Waals surface area contributed by atoms with Crippen LogP contribution in [0.4, 0.5) is 4.39 Å². The zero-order valence-electron chi connectivity index (χ0n) is 10.3. The molecule has 0 saturated carbocycles. The lowest BCUT2D eigenvalue weighted by molar-refractivity contribution is -0.132. The average Bonchev–Trinajstić information content (AvgIpc) is 2.35. The number of ether oxygens (including phenoxy) is 1. The van der Waals surface area contributed by atoms with Gasteiger partial charge in [0.25, 0.3) is 0 Å². The Balaban J connectivity index is 4.93. The Hall–Kier alpha value is -1.85. The highest BCUT2D eigenvalue weighted by Gasteiger charge is 2.13. The molecule has 18 heavy (non-hydrogen) atoms. The first-order valence-corrected chi connectivity index (χ1v) is 5.69. The van der Waals surface area contributed by atoms with Gasteiger partial charge in [-0.1, -0.05) is 13.3 Å². The van der Waals surface area contributed by atoms with Crippen molar-refractivity contribution in [1.82, 2.24) is 5.32 Å². The number of aldehydes is 1.